The number of ether oxygens (including phenoxy) is 1. The Kier molecular flexibility index (Phi) is 6.02. The van der Waals surface area contributed by atoms with E-state index in [2.05, 4.69) is 4.90 Å². The molecule has 0 spiro atoms. The van der Waals surface area contributed by atoms with Gasteiger partial charge in [-0.25, -0.2) is 0 Å². The van der Waals surface area contributed by atoms with Crippen molar-refractivity contribution in [3.8, 4) is 0 Å². The number of hydrogen-bond acceptors (Lipinski definition) is 4. The van der Waals surface area contributed by atoms with Gasteiger partial charge < -0.3 is 15.4 Å². The lowest BCUT2D eigenvalue weighted by molar-refractivity contribution is -0.140. The van der Waals surface area contributed by atoms with E-state index in [0.717, 1.165) is 71.6 Å². The van der Waals surface area contributed by atoms with Crippen LogP contribution in [0.25, 0.3) is 0 Å². The molecule has 1 aliphatic carbocycles. The molecule has 122 valence electrons. The number of amides is 1. The third-order valence-electron chi connectivity index (χ3n) is 4.99. The fourth-order valence-corrected chi connectivity index (χ4v) is 3.51. The second-order valence-electron chi connectivity index (χ2n) is 6.67. The van der Waals surface area contributed by atoms with Crippen LogP contribution < -0.4 is 5.73 Å². The second-order valence-corrected chi connectivity index (χ2v) is 6.67. The molecule has 0 aromatic heterocycles. The summed E-state index contributed by atoms with van der Waals surface area (Å²) in [6.07, 6.45) is 4.22. The van der Waals surface area contributed by atoms with Crippen LogP contribution in [0, 0.1) is 5.92 Å². The monoisotopic (exact) mass is 297 g/mol. The van der Waals surface area contributed by atoms with Crippen molar-refractivity contribution in [2.24, 2.45) is 11.7 Å². The lowest BCUT2D eigenvalue weighted by Gasteiger charge is -2.42. The summed E-state index contributed by atoms with van der Waals surface area (Å²) in [6.45, 7) is 10.2. The quantitative estimate of drug-likeness (QED) is 0.771. The minimum absolute atomic E-state index is 0.0150. The van der Waals surface area contributed by atoms with Gasteiger partial charge in [0.05, 0.1) is 12.5 Å². The molecule has 0 radical (unpaired) electrons. The average Bonchev–Trinajstić information content (AvgIpc) is 2.47. The van der Waals surface area contributed by atoms with E-state index in [1.165, 1.54) is 0 Å². The molecule has 2 N–H and O–H groups in total. The van der Waals surface area contributed by atoms with Crippen LogP contribution in [0.15, 0.2) is 0 Å². The van der Waals surface area contributed by atoms with Gasteiger partial charge in [0.25, 0.3) is 0 Å². The van der Waals surface area contributed by atoms with Crippen LogP contribution in [0.3, 0.4) is 0 Å². The van der Waals surface area contributed by atoms with Crippen molar-refractivity contribution in [1.82, 2.24) is 9.80 Å². The smallest absolute Gasteiger partial charge is 0.227 e. The standard InChI is InChI=1S/C16H31N3O2/c1-3-21-13-12-18-8-10-19(11-9-18)15(20)14-6-4-5-7-16(14,2)17/h14H,3-13,17H2,1-2H3. The van der Waals surface area contributed by atoms with Crippen LogP contribution in [0.1, 0.15) is 39.5 Å². The number of rotatable bonds is 5. The van der Waals surface area contributed by atoms with Gasteiger partial charge >= 0.3 is 0 Å². The zero-order valence-electron chi connectivity index (χ0n) is 13.6. The lowest BCUT2D eigenvalue weighted by atomic mass is 9.74. The van der Waals surface area contributed by atoms with E-state index in [1.807, 2.05) is 18.7 Å². The molecule has 2 atom stereocenters. The summed E-state index contributed by atoms with van der Waals surface area (Å²) < 4.78 is 5.39. The van der Waals surface area contributed by atoms with E-state index >= 15 is 0 Å². The van der Waals surface area contributed by atoms with Crippen LogP contribution in [-0.2, 0) is 9.53 Å². The number of carbonyl (C=O) groups is 1. The molecule has 2 rings (SSSR count). The van der Waals surface area contributed by atoms with Crippen molar-refractivity contribution < 1.29 is 9.53 Å². The van der Waals surface area contributed by atoms with Gasteiger partial charge in [0.15, 0.2) is 0 Å². The van der Waals surface area contributed by atoms with Gasteiger partial charge in [-0.1, -0.05) is 12.8 Å². The Morgan fingerprint density at radius 1 is 1.29 bits per heavy atom. The van der Waals surface area contributed by atoms with E-state index in [0.29, 0.717) is 0 Å². The first-order valence-electron chi connectivity index (χ1n) is 8.42. The summed E-state index contributed by atoms with van der Waals surface area (Å²) in [7, 11) is 0. The van der Waals surface area contributed by atoms with Crippen LogP contribution in [0.4, 0.5) is 0 Å². The first-order valence-corrected chi connectivity index (χ1v) is 8.42. The maximum atomic E-state index is 12.7. The first-order chi connectivity index (χ1) is 10.0. The van der Waals surface area contributed by atoms with Gasteiger partial charge in [-0.05, 0) is 26.7 Å². The highest BCUT2D eigenvalue weighted by Gasteiger charge is 2.40. The van der Waals surface area contributed by atoms with Crippen molar-refractivity contribution >= 4 is 5.91 Å². The van der Waals surface area contributed by atoms with E-state index < -0.39 is 0 Å². The predicted octanol–water partition coefficient (Wildman–Crippen LogP) is 1.07. The zero-order chi connectivity index (χ0) is 15.3. The van der Waals surface area contributed by atoms with Gasteiger partial charge in [-0.15, -0.1) is 0 Å². The third-order valence-corrected chi connectivity index (χ3v) is 4.99. The molecule has 5 heteroatoms. The maximum absolute atomic E-state index is 12.7. The summed E-state index contributed by atoms with van der Waals surface area (Å²) in [4.78, 5) is 17.1. The SMILES string of the molecule is CCOCCN1CCN(C(=O)C2CCCCC2(C)N)CC1. The summed E-state index contributed by atoms with van der Waals surface area (Å²) in [5, 5.41) is 0. The largest absolute Gasteiger partial charge is 0.380 e. The number of piperazine rings is 1. The Bertz CT molecular complexity index is 338. The number of nitrogens with two attached hydrogens (primary N) is 1. The molecule has 2 aliphatic rings. The minimum atomic E-state index is -0.318. The van der Waals surface area contributed by atoms with Gasteiger partial charge in [-0.2, -0.15) is 0 Å². The molecule has 1 aliphatic heterocycles. The van der Waals surface area contributed by atoms with Gasteiger partial charge in [0, 0.05) is 44.9 Å². The first kappa shape index (κ1) is 16.7. The molecule has 21 heavy (non-hydrogen) atoms. The molecular formula is C16H31N3O2. The second kappa shape index (κ2) is 7.56. The van der Waals surface area contributed by atoms with Crippen molar-refractivity contribution in [1.29, 1.82) is 0 Å². The molecule has 0 aromatic carbocycles. The summed E-state index contributed by atoms with van der Waals surface area (Å²) >= 11 is 0. The average molecular weight is 297 g/mol. The van der Waals surface area contributed by atoms with E-state index in [1.54, 1.807) is 0 Å². The van der Waals surface area contributed by atoms with Crippen LogP contribution in [-0.4, -0.2) is 67.2 Å². The Hall–Kier alpha value is -0.650. The molecule has 5 nitrogen and oxygen atoms in total. The fourth-order valence-electron chi connectivity index (χ4n) is 3.51. The van der Waals surface area contributed by atoms with Crippen LogP contribution in [0.2, 0.25) is 0 Å². The Morgan fingerprint density at radius 3 is 2.62 bits per heavy atom. The molecule has 2 fully saturated rings. The summed E-state index contributed by atoms with van der Waals surface area (Å²) in [6, 6.07) is 0. The fraction of sp³-hybridized carbons (Fsp3) is 0.938. The van der Waals surface area contributed by atoms with E-state index in [9.17, 15) is 4.79 Å². The third kappa shape index (κ3) is 4.41. The highest BCUT2D eigenvalue weighted by atomic mass is 16.5. The Labute approximate surface area is 128 Å². The lowest BCUT2D eigenvalue weighted by Crippen LogP contribution is -2.57. The van der Waals surface area contributed by atoms with Crippen molar-refractivity contribution in [3.05, 3.63) is 0 Å². The summed E-state index contributed by atoms with van der Waals surface area (Å²) in [5.41, 5.74) is 6.05. The molecule has 0 aromatic rings. The van der Waals surface area contributed by atoms with Crippen molar-refractivity contribution in [2.45, 2.75) is 45.1 Å². The topological polar surface area (TPSA) is 58.8 Å². The van der Waals surface area contributed by atoms with Crippen LogP contribution >= 0.6 is 0 Å². The highest BCUT2D eigenvalue weighted by molar-refractivity contribution is 5.80. The molecule has 0 bridgehead atoms. The Morgan fingerprint density at radius 2 is 2.00 bits per heavy atom. The van der Waals surface area contributed by atoms with Gasteiger partial charge in [-0.3, -0.25) is 9.69 Å². The number of nitrogens with zero attached hydrogens (tertiary/aromatic N) is 2. The maximum Gasteiger partial charge on any atom is 0.227 e. The van der Waals surface area contributed by atoms with E-state index in [4.69, 9.17) is 10.5 Å². The predicted molar refractivity (Wildman–Crippen MR) is 84.1 cm³/mol. The van der Waals surface area contributed by atoms with Crippen molar-refractivity contribution in [2.75, 3.05) is 45.9 Å². The van der Waals surface area contributed by atoms with E-state index in [-0.39, 0.29) is 17.4 Å². The molecule has 1 saturated heterocycles. The molecule has 1 amide bonds. The zero-order valence-corrected chi connectivity index (χ0v) is 13.6. The Balaban J connectivity index is 1.80. The number of hydrogen-bond donors (Lipinski definition) is 1. The normalized spacial score (nSPS) is 31.4. The highest BCUT2D eigenvalue weighted by Crippen LogP contribution is 2.33. The summed E-state index contributed by atoms with van der Waals surface area (Å²) in [5.74, 6) is 0.297. The minimum Gasteiger partial charge on any atom is -0.380 e. The molecular weight excluding hydrogens is 266 g/mol. The van der Waals surface area contributed by atoms with Crippen LogP contribution in [0.5, 0.6) is 0 Å². The molecule has 2 unspecified atom stereocenters. The van der Waals surface area contributed by atoms with Crippen molar-refractivity contribution in [3.63, 3.8) is 0 Å². The molecule has 1 heterocycles. The number of carbonyl (C=O) groups excluding carboxylic acids is 1. The molecule has 1 saturated carbocycles. The van der Waals surface area contributed by atoms with Gasteiger partial charge in [0.1, 0.15) is 0 Å². The van der Waals surface area contributed by atoms with Gasteiger partial charge in [0.2, 0.25) is 5.91 Å².